The summed E-state index contributed by atoms with van der Waals surface area (Å²) < 4.78 is 5.21. The summed E-state index contributed by atoms with van der Waals surface area (Å²) in [5.41, 5.74) is 3.65. The van der Waals surface area contributed by atoms with E-state index in [0.717, 1.165) is 22.5 Å². The molecule has 0 bridgehead atoms. The minimum Gasteiger partial charge on any atom is -0.455 e. The highest BCUT2D eigenvalue weighted by molar-refractivity contribution is 6.00. The Morgan fingerprint density at radius 1 is 1.11 bits per heavy atom. The number of rotatable bonds is 5. The molecule has 1 aliphatic rings. The van der Waals surface area contributed by atoms with Crippen LogP contribution in [0.3, 0.4) is 0 Å². The Balaban J connectivity index is 1.59. The van der Waals surface area contributed by atoms with Gasteiger partial charge in [-0.1, -0.05) is 30.3 Å². The molecule has 1 saturated heterocycles. The van der Waals surface area contributed by atoms with Crippen LogP contribution in [0.1, 0.15) is 17.5 Å². The fourth-order valence-corrected chi connectivity index (χ4v) is 3.27. The number of anilines is 2. The number of benzene rings is 2. The van der Waals surface area contributed by atoms with Gasteiger partial charge in [-0.25, -0.2) is 0 Å². The van der Waals surface area contributed by atoms with E-state index in [1.807, 2.05) is 50.2 Å². The lowest BCUT2D eigenvalue weighted by Gasteiger charge is -2.20. The van der Waals surface area contributed by atoms with Gasteiger partial charge in [0.25, 0.3) is 5.91 Å². The Hall–Kier alpha value is -3.15. The molecule has 0 N–H and O–H groups in total. The number of nitrogens with zero attached hydrogens (tertiary/aromatic N) is 2. The molecule has 6 heteroatoms. The molecule has 1 heterocycles. The number of amides is 2. The van der Waals surface area contributed by atoms with E-state index in [0.29, 0.717) is 0 Å². The van der Waals surface area contributed by atoms with E-state index < -0.39 is 11.9 Å². The number of ether oxygens (including phenoxy) is 1. The Labute approximate surface area is 164 Å². The highest BCUT2D eigenvalue weighted by Crippen LogP contribution is 2.29. The maximum absolute atomic E-state index is 12.4. The third-order valence-electron chi connectivity index (χ3n) is 5.18. The molecule has 28 heavy (non-hydrogen) atoms. The molecule has 0 spiro atoms. The summed E-state index contributed by atoms with van der Waals surface area (Å²) in [5, 5.41) is 0. The maximum atomic E-state index is 12.4. The van der Waals surface area contributed by atoms with E-state index in [1.165, 1.54) is 4.90 Å². The minimum absolute atomic E-state index is 0.0922. The van der Waals surface area contributed by atoms with Crippen LogP contribution in [0.4, 0.5) is 11.4 Å². The van der Waals surface area contributed by atoms with E-state index in [1.54, 1.807) is 24.1 Å². The first kappa shape index (κ1) is 19.6. The molecular formula is C22H24N2O4. The quantitative estimate of drug-likeness (QED) is 0.748. The van der Waals surface area contributed by atoms with Crippen LogP contribution < -0.4 is 9.80 Å². The lowest BCUT2D eigenvalue weighted by Crippen LogP contribution is -2.33. The summed E-state index contributed by atoms with van der Waals surface area (Å²) in [7, 11) is 1.63. The van der Waals surface area contributed by atoms with Gasteiger partial charge in [0.1, 0.15) is 0 Å². The first-order chi connectivity index (χ1) is 13.4. The van der Waals surface area contributed by atoms with Crippen LogP contribution in [0.5, 0.6) is 0 Å². The number of para-hydroxylation sites is 1. The molecule has 0 aliphatic carbocycles. The molecular weight excluding hydrogens is 356 g/mol. The van der Waals surface area contributed by atoms with Crippen molar-refractivity contribution >= 4 is 29.2 Å². The van der Waals surface area contributed by atoms with Crippen molar-refractivity contribution in [3.05, 3.63) is 59.7 Å². The van der Waals surface area contributed by atoms with Crippen molar-refractivity contribution in [1.82, 2.24) is 0 Å². The lowest BCUT2D eigenvalue weighted by atomic mass is 10.1. The largest absolute Gasteiger partial charge is 0.455 e. The van der Waals surface area contributed by atoms with Gasteiger partial charge in [-0.15, -0.1) is 0 Å². The van der Waals surface area contributed by atoms with Crippen molar-refractivity contribution in [2.75, 3.05) is 30.0 Å². The van der Waals surface area contributed by atoms with Crippen LogP contribution in [-0.2, 0) is 19.1 Å². The highest BCUT2D eigenvalue weighted by Gasteiger charge is 2.37. The predicted molar refractivity (Wildman–Crippen MR) is 107 cm³/mol. The van der Waals surface area contributed by atoms with E-state index in [9.17, 15) is 14.4 Å². The zero-order chi connectivity index (χ0) is 20.3. The summed E-state index contributed by atoms with van der Waals surface area (Å²) in [6, 6.07) is 14.9. The van der Waals surface area contributed by atoms with E-state index in [4.69, 9.17) is 4.74 Å². The number of carbonyl (C=O) groups is 3. The van der Waals surface area contributed by atoms with Gasteiger partial charge in [0.15, 0.2) is 6.61 Å². The first-order valence-corrected chi connectivity index (χ1v) is 9.23. The SMILES string of the molecule is Cc1cccc(N2C[C@H](C(=O)OCC(=O)N(C)c3ccccc3)CC2=O)c1C. The normalized spacial score (nSPS) is 16.2. The number of esters is 1. The molecule has 0 aromatic heterocycles. The standard InChI is InChI=1S/C22H24N2O4/c1-15-8-7-11-19(16(15)2)24-13-17(12-20(24)25)22(27)28-14-21(26)23(3)18-9-5-4-6-10-18/h4-11,17H,12-14H2,1-3H3/t17-/m1/s1. The molecule has 0 unspecified atom stereocenters. The molecule has 2 aromatic rings. The topological polar surface area (TPSA) is 66.9 Å². The van der Waals surface area contributed by atoms with Crippen molar-refractivity contribution in [3.63, 3.8) is 0 Å². The molecule has 2 aromatic carbocycles. The molecule has 1 aliphatic heterocycles. The maximum Gasteiger partial charge on any atom is 0.311 e. The van der Waals surface area contributed by atoms with Crippen molar-refractivity contribution in [1.29, 1.82) is 0 Å². The van der Waals surface area contributed by atoms with E-state index in [2.05, 4.69) is 0 Å². The number of aryl methyl sites for hydroxylation is 1. The van der Waals surface area contributed by atoms with Crippen molar-refractivity contribution in [2.24, 2.45) is 5.92 Å². The van der Waals surface area contributed by atoms with Crippen LogP contribution >= 0.6 is 0 Å². The van der Waals surface area contributed by atoms with E-state index in [-0.39, 0.29) is 31.4 Å². The third-order valence-corrected chi connectivity index (χ3v) is 5.18. The number of likely N-dealkylation sites (N-methyl/N-ethyl adjacent to an activating group) is 1. The van der Waals surface area contributed by atoms with Crippen molar-refractivity contribution in [3.8, 4) is 0 Å². The summed E-state index contributed by atoms with van der Waals surface area (Å²) in [5.74, 6) is -1.52. The fourth-order valence-electron chi connectivity index (χ4n) is 3.27. The average molecular weight is 380 g/mol. The molecule has 0 radical (unpaired) electrons. The molecule has 1 atom stereocenters. The molecule has 3 rings (SSSR count). The van der Waals surface area contributed by atoms with E-state index >= 15 is 0 Å². The van der Waals surface area contributed by atoms with Crippen LogP contribution in [0.15, 0.2) is 48.5 Å². The van der Waals surface area contributed by atoms with Gasteiger partial charge < -0.3 is 14.5 Å². The zero-order valence-electron chi connectivity index (χ0n) is 16.3. The fraction of sp³-hybridized carbons (Fsp3) is 0.318. The average Bonchev–Trinajstić information content (AvgIpc) is 3.09. The Morgan fingerprint density at radius 2 is 1.82 bits per heavy atom. The second-order valence-corrected chi connectivity index (χ2v) is 7.02. The van der Waals surface area contributed by atoms with Gasteiger partial charge in [-0.2, -0.15) is 0 Å². The van der Waals surface area contributed by atoms with Gasteiger partial charge in [-0.05, 0) is 43.2 Å². The monoisotopic (exact) mass is 380 g/mol. The van der Waals surface area contributed by atoms with Gasteiger partial charge in [0.2, 0.25) is 5.91 Å². The molecule has 1 fully saturated rings. The van der Waals surface area contributed by atoms with Crippen molar-refractivity contribution < 1.29 is 19.1 Å². The number of hydrogen-bond donors (Lipinski definition) is 0. The van der Waals surface area contributed by atoms with Gasteiger partial charge in [0, 0.05) is 31.4 Å². The lowest BCUT2D eigenvalue weighted by molar-refractivity contribution is -0.151. The summed E-state index contributed by atoms with van der Waals surface area (Å²) in [6.45, 7) is 3.87. The number of hydrogen-bond acceptors (Lipinski definition) is 4. The predicted octanol–water partition coefficient (Wildman–Crippen LogP) is 2.86. The Bertz CT molecular complexity index is 895. The van der Waals surface area contributed by atoms with Gasteiger partial charge >= 0.3 is 5.97 Å². The smallest absolute Gasteiger partial charge is 0.311 e. The Morgan fingerprint density at radius 3 is 2.54 bits per heavy atom. The van der Waals surface area contributed by atoms with Crippen LogP contribution in [0.25, 0.3) is 0 Å². The summed E-state index contributed by atoms with van der Waals surface area (Å²) >= 11 is 0. The van der Waals surface area contributed by atoms with Crippen LogP contribution in [0, 0.1) is 19.8 Å². The second-order valence-electron chi connectivity index (χ2n) is 7.02. The van der Waals surface area contributed by atoms with Crippen molar-refractivity contribution in [2.45, 2.75) is 20.3 Å². The van der Waals surface area contributed by atoms with Crippen LogP contribution in [0.2, 0.25) is 0 Å². The molecule has 6 nitrogen and oxygen atoms in total. The summed E-state index contributed by atoms with van der Waals surface area (Å²) in [4.78, 5) is 40.2. The molecule has 0 saturated carbocycles. The second kappa shape index (κ2) is 8.25. The Kier molecular flexibility index (Phi) is 5.78. The zero-order valence-corrected chi connectivity index (χ0v) is 16.3. The van der Waals surface area contributed by atoms with Crippen LogP contribution in [-0.4, -0.2) is 38.0 Å². The van der Waals surface area contributed by atoms with Gasteiger partial charge in [-0.3, -0.25) is 14.4 Å². The highest BCUT2D eigenvalue weighted by atomic mass is 16.5. The summed E-state index contributed by atoms with van der Waals surface area (Å²) in [6.07, 6.45) is 0.0922. The minimum atomic E-state index is -0.567. The molecule has 2 amide bonds. The third kappa shape index (κ3) is 4.06. The number of carbonyl (C=O) groups excluding carboxylic acids is 3. The van der Waals surface area contributed by atoms with Gasteiger partial charge in [0.05, 0.1) is 5.92 Å². The molecule has 146 valence electrons. The first-order valence-electron chi connectivity index (χ1n) is 9.23.